The summed E-state index contributed by atoms with van der Waals surface area (Å²) in [6.07, 6.45) is 8.09. The van der Waals surface area contributed by atoms with Crippen LogP contribution in [0.1, 0.15) is 102 Å². The second-order valence-corrected chi connectivity index (χ2v) is 19.2. The average molecular weight is 733 g/mol. The first-order valence-electron chi connectivity index (χ1n) is 21.8. The Morgan fingerprint density at radius 3 is 1.79 bits per heavy atom. The van der Waals surface area contributed by atoms with Crippen LogP contribution in [-0.4, -0.2) is 0 Å². The predicted molar refractivity (Wildman–Crippen MR) is 235 cm³/mol. The molecule has 0 nitrogen and oxygen atoms in total. The van der Waals surface area contributed by atoms with Crippen LogP contribution in [0.4, 0.5) is 0 Å². The van der Waals surface area contributed by atoms with Crippen LogP contribution in [0.25, 0.3) is 44.5 Å². The highest BCUT2D eigenvalue weighted by molar-refractivity contribution is 5.88. The molecule has 1 atom stereocenters. The summed E-state index contributed by atoms with van der Waals surface area (Å²) < 4.78 is 0. The van der Waals surface area contributed by atoms with Crippen LogP contribution >= 0.6 is 0 Å². The summed E-state index contributed by atoms with van der Waals surface area (Å²) in [4.78, 5) is 0. The normalized spacial score (nSPS) is 25.1. The molecule has 7 aromatic rings. The molecule has 0 heteroatoms. The van der Waals surface area contributed by atoms with E-state index in [9.17, 15) is 0 Å². The lowest BCUT2D eigenvalue weighted by Gasteiger charge is -2.61. The molecule has 0 aliphatic heterocycles. The maximum atomic E-state index is 2.70. The first kappa shape index (κ1) is 32.6. The lowest BCUT2D eigenvalue weighted by molar-refractivity contribution is -0.0399. The van der Waals surface area contributed by atoms with E-state index in [-0.39, 0.29) is 16.7 Å². The summed E-state index contributed by atoms with van der Waals surface area (Å²) in [5.74, 6) is 3.40. The van der Waals surface area contributed by atoms with Gasteiger partial charge in [-0.3, -0.25) is 0 Å². The van der Waals surface area contributed by atoms with Gasteiger partial charge in [-0.05, 0) is 163 Å². The van der Waals surface area contributed by atoms with Gasteiger partial charge in [0.15, 0.2) is 0 Å². The van der Waals surface area contributed by atoms with E-state index in [4.69, 9.17) is 0 Å². The Labute approximate surface area is 337 Å². The molecule has 1 unspecified atom stereocenters. The number of hydrogen-bond acceptors (Lipinski definition) is 0. The molecular formula is C57H48. The van der Waals surface area contributed by atoms with Crippen LogP contribution in [0.5, 0.6) is 0 Å². The van der Waals surface area contributed by atoms with E-state index in [1.54, 1.807) is 11.1 Å². The predicted octanol–water partition coefficient (Wildman–Crippen LogP) is 14.1. The number of rotatable bonds is 4. The summed E-state index contributed by atoms with van der Waals surface area (Å²) >= 11 is 0. The van der Waals surface area contributed by atoms with Crippen LogP contribution in [0.3, 0.4) is 0 Å². The molecule has 276 valence electrons. The van der Waals surface area contributed by atoms with Gasteiger partial charge in [0.2, 0.25) is 0 Å². The van der Waals surface area contributed by atoms with Gasteiger partial charge in [0, 0.05) is 16.7 Å². The van der Waals surface area contributed by atoms with E-state index in [2.05, 4.69) is 166 Å². The molecule has 0 aromatic heterocycles. The van der Waals surface area contributed by atoms with Gasteiger partial charge in [0.05, 0.1) is 0 Å². The highest BCUT2D eigenvalue weighted by atomic mass is 14.6. The fraction of sp³-hybridized carbons (Fsp3) is 0.263. The second kappa shape index (κ2) is 11.6. The Balaban J connectivity index is 1.06. The van der Waals surface area contributed by atoms with Gasteiger partial charge in [-0.15, -0.1) is 0 Å². The molecule has 7 aromatic carbocycles. The van der Waals surface area contributed by atoms with E-state index < -0.39 is 0 Å². The van der Waals surface area contributed by atoms with E-state index in [0.29, 0.717) is 0 Å². The van der Waals surface area contributed by atoms with Crippen molar-refractivity contribution in [1.29, 1.82) is 0 Å². The van der Waals surface area contributed by atoms with Gasteiger partial charge in [0.1, 0.15) is 0 Å². The first-order chi connectivity index (χ1) is 28.0. The van der Waals surface area contributed by atoms with Crippen LogP contribution in [0.2, 0.25) is 0 Å². The highest BCUT2D eigenvalue weighted by Crippen LogP contribution is 2.69. The monoisotopic (exact) mass is 732 g/mol. The molecule has 7 aliphatic rings. The number of benzene rings is 7. The molecule has 4 fully saturated rings. The average Bonchev–Trinajstić information content (AvgIpc) is 3.85. The largest absolute Gasteiger partial charge is 0.0619 e. The topological polar surface area (TPSA) is 0 Å². The van der Waals surface area contributed by atoms with Crippen molar-refractivity contribution in [3.05, 3.63) is 202 Å². The van der Waals surface area contributed by atoms with Crippen molar-refractivity contribution in [3.8, 4) is 44.5 Å². The lowest BCUT2D eigenvalue weighted by atomic mass is 9.43. The molecule has 57 heavy (non-hydrogen) atoms. The zero-order valence-corrected chi connectivity index (χ0v) is 33.1. The standard InChI is InChI=1S/C57H48/c1-56(2)50-23-9-7-18-44(50)47-20-12-22-49(55(47)56)54(48-21-11-14-38-32-36-13-3-4-16-42(36)53(38)48)46-19-6-5-15-41(46)37-25-26-45-43-17-8-10-24-51(43)57(52(45)33-37)39-28-34-27-35(30-39)31-40(57)29-34/h3-26,33-35,39-40,54H,27-32H2,1-2H3. The zero-order chi connectivity index (χ0) is 37.6. The summed E-state index contributed by atoms with van der Waals surface area (Å²) in [6, 6.07) is 59.4. The van der Waals surface area contributed by atoms with Crippen LogP contribution in [-0.2, 0) is 17.3 Å². The molecule has 0 heterocycles. The Kier molecular flexibility index (Phi) is 6.62. The molecule has 0 amide bonds. The van der Waals surface area contributed by atoms with Crippen molar-refractivity contribution in [2.75, 3.05) is 0 Å². The number of fused-ring (bicyclic) bond motifs is 9. The van der Waals surface area contributed by atoms with E-state index >= 15 is 0 Å². The Morgan fingerprint density at radius 1 is 0.439 bits per heavy atom. The zero-order valence-electron chi connectivity index (χ0n) is 33.1. The van der Waals surface area contributed by atoms with Gasteiger partial charge in [-0.2, -0.15) is 0 Å². The summed E-state index contributed by atoms with van der Waals surface area (Å²) in [6.45, 7) is 4.91. The van der Waals surface area contributed by atoms with Crippen molar-refractivity contribution in [2.45, 2.75) is 69.1 Å². The van der Waals surface area contributed by atoms with Crippen LogP contribution in [0, 0.1) is 23.7 Å². The molecule has 14 rings (SSSR count). The molecule has 1 spiro atoms. The fourth-order valence-electron chi connectivity index (χ4n) is 14.4. The van der Waals surface area contributed by atoms with Crippen molar-refractivity contribution in [3.63, 3.8) is 0 Å². The Hall–Kier alpha value is -5.46. The van der Waals surface area contributed by atoms with Crippen molar-refractivity contribution >= 4 is 0 Å². The third kappa shape index (κ3) is 4.24. The summed E-state index contributed by atoms with van der Waals surface area (Å²) in [7, 11) is 0. The van der Waals surface area contributed by atoms with Gasteiger partial charge in [0.25, 0.3) is 0 Å². The van der Waals surface area contributed by atoms with Crippen LogP contribution in [0.15, 0.2) is 152 Å². The third-order valence-electron chi connectivity index (χ3n) is 16.2. The van der Waals surface area contributed by atoms with E-state index in [1.807, 2.05) is 0 Å². The highest BCUT2D eigenvalue weighted by Gasteiger charge is 2.61. The van der Waals surface area contributed by atoms with Crippen molar-refractivity contribution in [2.24, 2.45) is 23.7 Å². The van der Waals surface area contributed by atoms with Crippen molar-refractivity contribution in [1.82, 2.24) is 0 Å². The maximum Gasteiger partial charge on any atom is 0.0355 e. The molecular weight excluding hydrogens is 685 g/mol. The molecule has 0 radical (unpaired) electrons. The molecule has 0 saturated heterocycles. The Bertz CT molecular complexity index is 2800. The minimum atomic E-state index is -0.128. The first-order valence-corrected chi connectivity index (χ1v) is 21.8. The molecule has 7 aliphatic carbocycles. The van der Waals surface area contributed by atoms with Crippen LogP contribution < -0.4 is 0 Å². The minimum Gasteiger partial charge on any atom is -0.0619 e. The van der Waals surface area contributed by atoms with Gasteiger partial charge >= 0.3 is 0 Å². The molecule has 0 N–H and O–H groups in total. The lowest BCUT2D eigenvalue weighted by Crippen LogP contribution is -2.55. The minimum absolute atomic E-state index is 0.0476. The maximum absolute atomic E-state index is 2.70. The third-order valence-corrected chi connectivity index (χ3v) is 16.2. The molecule has 4 saturated carbocycles. The molecule has 4 bridgehead atoms. The van der Waals surface area contributed by atoms with E-state index in [1.165, 1.54) is 116 Å². The summed E-state index contributed by atoms with van der Waals surface area (Å²) in [5, 5.41) is 0. The number of hydrogen-bond donors (Lipinski definition) is 0. The second-order valence-electron chi connectivity index (χ2n) is 19.2. The quantitative estimate of drug-likeness (QED) is 0.158. The van der Waals surface area contributed by atoms with Crippen molar-refractivity contribution < 1.29 is 0 Å². The van der Waals surface area contributed by atoms with Gasteiger partial charge in [-0.25, -0.2) is 0 Å². The fourth-order valence-corrected chi connectivity index (χ4v) is 14.4. The SMILES string of the molecule is CC1(C)c2ccccc2-c2cccc(C(c3ccccc3-c3ccc4c(c3)C3(c5ccccc5-4)C4CC5CC(C4)CC3C5)c3cccc4c3-c3ccccc3C4)c21. The summed E-state index contributed by atoms with van der Waals surface area (Å²) in [5.41, 5.74) is 24.7. The smallest absolute Gasteiger partial charge is 0.0355 e. The van der Waals surface area contributed by atoms with E-state index in [0.717, 1.165) is 30.1 Å². The Morgan fingerprint density at radius 2 is 1.00 bits per heavy atom. The van der Waals surface area contributed by atoms with Gasteiger partial charge in [-0.1, -0.05) is 159 Å². The van der Waals surface area contributed by atoms with Gasteiger partial charge < -0.3 is 0 Å².